The minimum atomic E-state index is -0.0458. The van der Waals surface area contributed by atoms with Gasteiger partial charge in [0.2, 0.25) is 0 Å². The molecule has 0 radical (unpaired) electrons. The van der Waals surface area contributed by atoms with Gasteiger partial charge in [0.15, 0.2) is 5.82 Å². The third-order valence-electron chi connectivity index (χ3n) is 2.26. The molecule has 0 saturated carbocycles. The minimum Gasteiger partial charge on any atom is -0.326 e. The van der Waals surface area contributed by atoms with Crippen molar-refractivity contribution in [1.82, 2.24) is 14.9 Å². The van der Waals surface area contributed by atoms with Crippen LogP contribution < -0.4 is 0 Å². The quantitative estimate of drug-likeness (QED) is 0.647. The second kappa shape index (κ2) is 3.15. The molecule has 78 valence electrons. The lowest BCUT2D eigenvalue weighted by molar-refractivity contribution is 0.333. The molecule has 0 atom stereocenters. The van der Waals surface area contributed by atoms with E-state index in [9.17, 15) is 0 Å². The molecule has 0 unspecified atom stereocenters. The van der Waals surface area contributed by atoms with E-state index in [1.54, 1.807) is 18.7 Å². The smallest absolute Gasteiger partial charge is 0.181 e. The Kier molecular flexibility index (Phi) is 2.07. The molecule has 0 bridgehead atoms. The second-order valence-electron chi connectivity index (χ2n) is 4.46. The standard InChI is InChI=1S/C11H14N4/c1-8-9-10(13-6-5-12-9)14-7-15(8)11(2,3)4/h5-7H,1H2,2-4H3. The van der Waals surface area contributed by atoms with E-state index in [1.807, 2.05) is 4.90 Å². The van der Waals surface area contributed by atoms with Gasteiger partial charge in [-0.2, -0.15) is 0 Å². The summed E-state index contributed by atoms with van der Waals surface area (Å²) in [6.07, 6.45) is 5.06. The highest BCUT2D eigenvalue weighted by Gasteiger charge is 2.27. The number of hydrogen-bond donors (Lipinski definition) is 0. The summed E-state index contributed by atoms with van der Waals surface area (Å²) in [5.74, 6) is 0.642. The third kappa shape index (κ3) is 1.63. The van der Waals surface area contributed by atoms with Crippen molar-refractivity contribution in [2.45, 2.75) is 26.3 Å². The fourth-order valence-electron chi connectivity index (χ4n) is 1.50. The van der Waals surface area contributed by atoms with E-state index in [1.165, 1.54) is 0 Å². The summed E-state index contributed by atoms with van der Waals surface area (Å²) in [7, 11) is 0. The van der Waals surface area contributed by atoms with Crippen LogP contribution in [0.2, 0.25) is 0 Å². The van der Waals surface area contributed by atoms with Crippen LogP contribution in [-0.2, 0) is 0 Å². The minimum absolute atomic E-state index is 0.0458. The molecule has 15 heavy (non-hydrogen) atoms. The largest absolute Gasteiger partial charge is 0.326 e. The molecular weight excluding hydrogens is 188 g/mol. The van der Waals surface area contributed by atoms with Gasteiger partial charge in [-0.1, -0.05) is 6.58 Å². The number of fused-ring (bicyclic) bond motifs is 1. The van der Waals surface area contributed by atoms with Crippen LogP contribution in [0.1, 0.15) is 26.5 Å². The molecular formula is C11H14N4. The van der Waals surface area contributed by atoms with E-state index in [0.29, 0.717) is 5.82 Å². The first-order chi connectivity index (χ1) is 7.00. The average molecular weight is 202 g/mol. The summed E-state index contributed by atoms with van der Waals surface area (Å²) < 4.78 is 0. The predicted octanol–water partition coefficient (Wildman–Crippen LogP) is 2.22. The van der Waals surface area contributed by atoms with Crippen molar-refractivity contribution in [3.05, 3.63) is 24.7 Å². The summed E-state index contributed by atoms with van der Waals surface area (Å²) in [5.41, 5.74) is 1.56. The summed E-state index contributed by atoms with van der Waals surface area (Å²) in [6.45, 7) is 10.3. The molecule has 1 aliphatic heterocycles. The molecule has 2 heterocycles. The first-order valence-electron chi connectivity index (χ1n) is 4.84. The molecule has 1 aromatic rings. The Balaban J connectivity index is 2.46. The molecule has 0 N–H and O–H groups in total. The zero-order valence-corrected chi connectivity index (χ0v) is 9.23. The van der Waals surface area contributed by atoms with E-state index in [4.69, 9.17) is 0 Å². The number of hydrogen-bond acceptors (Lipinski definition) is 4. The first kappa shape index (κ1) is 9.83. The Bertz CT molecular complexity index is 428. The summed E-state index contributed by atoms with van der Waals surface area (Å²) >= 11 is 0. The average Bonchev–Trinajstić information content (AvgIpc) is 2.16. The number of nitrogens with zero attached hydrogens (tertiary/aromatic N) is 4. The van der Waals surface area contributed by atoms with Gasteiger partial charge < -0.3 is 4.90 Å². The molecule has 2 rings (SSSR count). The molecule has 0 spiro atoms. The summed E-state index contributed by atoms with van der Waals surface area (Å²) in [5, 5.41) is 0. The van der Waals surface area contributed by atoms with E-state index in [2.05, 4.69) is 42.3 Å². The van der Waals surface area contributed by atoms with Gasteiger partial charge in [0.05, 0.1) is 12.0 Å². The lowest BCUT2D eigenvalue weighted by Gasteiger charge is -2.36. The number of aliphatic imine (C=N–C) groups is 1. The topological polar surface area (TPSA) is 41.4 Å². The molecule has 4 heteroatoms. The van der Waals surface area contributed by atoms with E-state index in [-0.39, 0.29) is 5.54 Å². The van der Waals surface area contributed by atoms with Crippen molar-refractivity contribution in [3.63, 3.8) is 0 Å². The van der Waals surface area contributed by atoms with E-state index in [0.717, 1.165) is 11.4 Å². The van der Waals surface area contributed by atoms with Crippen molar-refractivity contribution >= 4 is 17.9 Å². The van der Waals surface area contributed by atoms with Crippen molar-refractivity contribution in [1.29, 1.82) is 0 Å². The first-order valence-corrected chi connectivity index (χ1v) is 4.84. The van der Waals surface area contributed by atoms with Gasteiger partial charge in [-0.3, -0.25) is 0 Å². The molecule has 0 saturated heterocycles. The zero-order valence-electron chi connectivity index (χ0n) is 9.23. The van der Waals surface area contributed by atoms with Gasteiger partial charge >= 0.3 is 0 Å². The highest BCUT2D eigenvalue weighted by Crippen LogP contribution is 2.31. The summed E-state index contributed by atoms with van der Waals surface area (Å²) in [4.78, 5) is 14.6. The van der Waals surface area contributed by atoms with Crippen LogP contribution in [0, 0.1) is 0 Å². The highest BCUT2D eigenvalue weighted by molar-refractivity contribution is 5.83. The third-order valence-corrected chi connectivity index (χ3v) is 2.26. The van der Waals surface area contributed by atoms with Crippen LogP contribution in [0.4, 0.5) is 5.82 Å². The number of rotatable bonds is 0. The van der Waals surface area contributed by atoms with Crippen molar-refractivity contribution in [2.24, 2.45) is 4.99 Å². The maximum absolute atomic E-state index is 4.26. The molecule has 0 fully saturated rings. The fraction of sp³-hybridized carbons (Fsp3) is 0.364. The van der Waals surface area contributed by atoms with Gasteiger partial charge in [0, 0.05) is 17.9 Å². The Morgan fingerprint density at radius 3 is 2.53 bits per heavy atom. The van der Waals surface area contributed by atoms with E-state index >= 15 is 0 Å². The number of aromatic nitrogens is 2. The molecule has 4 nitrogen and oxygen atoms in total. The van der Waals surface area contributed by atoms with Crippen LogP contribution in [-0.4, -0.2) is 26.7 Å². The molecule has 0 amide bonds. The lowest BCUT2D eigenvalue weighted by Crippen LogP contribution is -2.39. The van der Waals surface area contributed by atoms with Crippen LogP contribution in [0.3, 0.4) is 0 Å². The molecule has 0 aromatic carbocycles. The monoisotopic (exact) mass is 202 g/mol. The fourth-order valence-corrected chi connectivity index (χ4v) is 1.50. The van der Waals surface area contributed by atoms with Crippen LogP contribution in [0.25, 0.3) is 5.70 Å². The van der Waals surface area contributed by atoms with Crippen LogP contribution in [0.5, 0.6) is 0 Å². The normalized spacial score (nSPS) is 15.4. The highest BCUT2D eigenvalue weighted by atomic mass is 15.3. The predicted molar refractivity (Wildman–Crippen MR) is 60.8 cm³/mol. The van der Waals surface area contributed by atoms with Crippen LogP contribution in [0.15, 0.2) is 24.0 Å². The van der Waals surface area contributed by atoms with Gasteiger partial charge in [-0.05, 0) is 20.8 Å². The van der Waals surface area contributed by atoms with Crippen molar-refractivity contribution in [3.8, 4) is 0 Å². The summed E-state index contributed by atoms with van der Waals surface area (Å²) in [6, 6.07) is 0. The molecule has 0 aliphatic carbocycles. The van der Waals surface area contributed by atoms with E-state index < -0.39 is 0 Å². The van der Waals surface area contributed by atoms with Gasteiger partial charge in [-0.15, -0.1) is 0 Å². The second-order valence-corrected chi connectivity index (χ2v) is 4.46. The maximum atomic E-state index is 4.26. The SMILES string of the molecule is C=C1c2nccnc2N=CN1C(C)(C)C. The molecule has 1 aromatic heterocycles. The Hall–Kier alpha value is -1.71. The zero-order chi connectivity index (χ0) is 11.1. The van der Waals surface area contributed by atoms with Crippen LogP contribution >= 0.6 is 0 Å². The molecule has 1 aliphatic rings. The van der Waals surface area contributed by atoms with Gasteiger partial charge in [-0.25, -0.2) is 15.0 Å². The Morgan fingerprint density at radius 1 is 1.20 bits per heavy atom. The van der Waals surface area contributed by atoms with Gasteiger partial charge in [0.25, 0.3) is 0 Å². The maximum Gasteiger partial charge on any atom is 0.181 e. The Labute approximate surface area is 89.4 Å². The van der Waals surface area contributed by atoms with Crippen molar-refractivity contribution in [2.75, 3.05) is 0 Å². The Morgan fingerprint density at radius 2 is 1.87 bits per heavy atom. The van der Waals surface area contributed by atoms with Gasteiger partial charge in [0.1, 0.15) is 5.69 Å². The van der Waals surface area contributed by atoms with Crippen molar-refractivity contribution < 1.29 is 0 Å². The lowest BCUT2D eigenvalue weighted by atomic mass is 10.0.